The van der Waals surface area contributed by atoms with E-state index in [1.165, 1.54) is 0 Å². The molecule has 0 bridgehead atoms. The van der Waals surface area contributed by atoms with E-state index in [0.29, 0.717) is 12.2 Å². The Hall–Kier alpha value is -1.59. The number of likely N-dealkylation sites (N-methyl/N-ethyl adjacent to an activating group) is 1. The predicted molar refractivity (Wildman–Crippen MR) is 89.4 cm³/mol. The van der Waals surface area contributed by atoms with Gasteiger partial charge < -0.3 is 15.2 Å². The number of hydrogen-bond donors (Lipinski definition) is 2. The van der Waals surface area contributed by atoms with Crippen LogP contribution in [0.1, 0.15) is 17.4 Å². The summed E-state index contributed by atoms with van der Waals surface area (Å²) < 4.78 is 2.96. The second kappa shape index (κ2) is 6.91. The molecule has 0 saturated carbocycles. The maximum atomic E-state index is 12.2. The summed E-state index contributed by atoms with van der Waals surface area (Å²) in [6, 6.07) is 12.1. The van der Waals surface area contributed by atoms with Crippen LogP contribution < -0.4 is 10.6 Å². The monoisotopic (exact) mass is 349 g/mol. The molecule has 4 nitrogen and oxygen atoms in total. The van der Waals surface area contributed by atoms with Crippen molar-refractivity contribution in [1.29, 1.82) is 0 Å². The van der Waals surface area contributed by atoms with Gasteiger partial charge in [-0.15, -0.1) is 0 Å². The van der Waals surface area contributed by atoms with E-state index in [9.17, 15) is 4.79 Å². The van der Waals surface area contributed by atoms with Crippen molar-refractivity contribution < 1.29 is 4.79 Å². The molecule has 1 atom stereocenters. The predicted octanol–water partition coefficient (Wildman–Crippen LogP) is 2.79. The molecule has 2 aromatic rings. The molecule has 0 aliphatic rings. The van der Waals surface area contributed by atoms with Crippen LogP contribution in [0, 0.1) is 0 Å². The third-order valence-corrected chi connectivity index (χ3v) is 4.08. The molecule has 1 heterocycles. The quantitative estimate of drug-likeness (QED) is 0.871. The van der Waals surface area contributed by atoms with Crippen LogP contribution in [-0.4, -0.2) is 30.1 Å². The number of aromatic nitrogens is 1. The van der Waals surface area contributed by atoms with Gasteiger partial charge in [-0.3, -0.25) is 4.79 Å². The van der Waals surface area contributed by atoms with Crippen LogP contribution in [0.5, 0.6) is 0 Å². The number of amides is 1. The van der Waals surface area contributed by atoms with Crippen LogP contribution in [0.4, 0.5) is 0 Å². The molecule has 2 rings (SSSR count). The number of benzene rings is 1. The zero-order chi connectivity index (χ0) is 15.4. The number of halogens is 1. The number of carbonyl (C=O) groups is 1. The van der Waals surface area contributed by atoms with Crippen molar-refractivity contribution in [3.8, 4) is 11.3 Å². The smallest absolute Gasteiger partial charge is 0.267 e. The molecule has 1 aromatic heterocycles. The minimum atomic E-state index is -0.0528. The van der Waals surface area contributed by atoms with Crippen LogP contribution in [0.15, 0.2) is 40.9 Å². The van der Waals surface area contributed by atoms with Gasteiger partial charge in [-0.2, -0.15) is 0 Å². The van der Waals surface area contributed by atoms with Gasteiger partial charge in [0.05, 0.1) is 0 Å². The number of hydrogen-bond acceptors (Lipinski definition) is 2. The Balaban J connectivity index is 2.16. The van der Waals surface area contributed by atoms with Gasteiger partial charge in [-0.1, -0.05) is 28.1 Å². The number of nitrogens with one attached hydrogen (secondary N) is 2. The second-order valence-electron chi connectivity index (χ2n) is 5.07. The van der Waals surface area contributed by atoms with Crippen molar-refractivity contribution in [1.82, 2.24) is 15.2 Å². The average Bonchev–Trinajstić information content (AvgIpc) is 2.87. The fourth-order valence-corrected chi connectivity index (χ4v) is 2.35. The molecule has 112 valence electrons. The number of rotatable bonds is 5. The van der Waals surface area contributed by atoms with Crippen LogP contribution in [0.3, 0.4) is 0 Å². The first-order valence-corrected chi connectivity index (χ1v) is 7.69. The molecule has 5 heteroatoms. The molecule has 0 spiro atoms. The van der Waals surface area contributed by atoms with Crippen LogP contribution >= 0.6 is 15.9 Å². The maximum absolute atomic E-state index is 12.2. The lowest BCUT2D eigenvalue weighted by Gasteiger charge is -2.12. The molecule has 21 heavy (non-hydrogen) atoms. The van der Waals surface area contributed by atoms with E-state index in [2.05, 4.69) is 26.6 Å². The van der Waals surface area contributed by atoms with Crippen LogP contribution in [0.25, 0.3) is 11.3 Å². The van der Waals surface area contributed by atoms with Crippen molar-refractivity contribution in [3.05, 3.63) is 46.6 Å². The van der Waals surface area contributed by atoms with E-state index in [0.717, 1.165) is 15.7 Å². The molecule has 2 N–H and O–H groups in total. The van der Waals surface area contributed by atoms with Crippen LogP contribution in [-0.2, 0) is 7.05 Å². The summed E-state index contributed by atoms with van der Waals surface area (Å²) in [5.41, 5.74) is 2.77. The largest absolute Gasteiger partial charge is 0.349 e. The highest BCUT2D eigenvalue weighted by atomic mass is 79.9. The van der Waals surface area contributed by atoms with Gasteiger partial charge >= 0.3 is 0 Å². The number of nitrogens with zero attached hydrogens (tertiary/aromatic N) is 1. The van der Waals surface area contributed by atoms with Crippen molar-refractivity contribution in [2.45, 2.75) is 13.0 Å². The van der Waals surface area contributed by atoms with E-state index >= 15 is 0 Å². The van der Waals surface area contributed by atoms with E-state index in [-0.39, 0.29) is 11.9 Å². The summed E-state index contributed by atoms with van der Waals surface area (Å²) in [5.74, 6) is -0.0528. The van der Waals surface area contributed by atoms with Gasteiger partial charge in [-0.05, 0) is 43.8 Å². The lowest BCUT2D eigenvalue weighted by Crippen LogP contribution is -2.37. The lowest BCUT2D eigenvalue weighted by atomic mass is 10.1. The molecule has 0 saturated heterocycles. The second-order valence-corrected chi connectivity index (χ2v) is 5.99. The van der Waals surface area contributed by atoms with Gasteiger partial charge in [0, 0.05) is 29.8 Å². The van der Waals surface area contributed by atoms with E-state index in [1.54, 1.807) is 0 Å². The standard InChI is InChI=1S/C16H20BrN3O/c1-11(18-2)10-19-16(21)15-9-8-14(20(15)3)12-4-6-13(17)7-5-12/h4-9,11,18H,10H2,1-3H3,(H,19,21). The Morgan fingerprint density at radius 3 is 2.52 bits per heavy atom. The minimum Gasteiger partial charge on any atom is -0.349 e. The molecule has 1 amide bonds. The summed E-state index contributed by atoms with van der Waals surface area (Å²) in [4.78, 5) is 12.2. The molecular weight excluding hydrogens is 330 g/mol. The highest BCUT2D eigenvalue weighted by Crippen LogP contribution is 2.23. The topological polar surface area (TPSA) is 46.1 Å². The maximum Gasteiger partial charge on any atom is 0.267 e. The van der Waals surface area contributed by atoms with Crippen LogP contribution in [0.2, 0.25) is 0 Å². The van der Waals surface area contributed by atoms with Gasteiger partial charge in [0.15, 0.2) is 0 Å². The SMILES string of the molecule is CNC(C)CNC(=O)c1ccc(-c2ccc(Br)cc2)n1C. The van der Waals surface area contributed by atoms with Crippen molar-refractivity contribution in [3.63, 3.8) is 0 Å². The normalized spacial score (nSPS) is 12.2. The Morgan fingerprint density at radius 1 is 1.24 bits per heavy atom. The molecule has 0 aliphatic carbocycles. The molecule has 0 radical (unpaired) electrons. The van der Waals surface area contributed by atoms with Crippen molar-refractivity contribution >= 4 is 21.8 Å². The first kappa shape index (κ1) is 15.8. The summed E-state index contributed by atoms with van der Waals surface area (Å²) in [6.07, 6.45) is 0. The van der Waals surface area contributed by atoms with Crippen molar-refractivity contribution in [2.24, 2.45) is 7.05 Å². The highest BCUT2D eigenvalue weighted by molar-refractivity contribution is 9.10. The third-order valence-electron chi connectivity index (χ3n) is 3.56. The van der Waals surface area contributed by atoms with Gasteiger partial charge in [0.2, 0.25) is 0 Å². The summed E-state index contributed by atoms with van der Waals surface area (Å²) >= 11 is 3.43. The molecule has 1 unspecified atom stereocenters. The summed E-state index contributed by atoms with van der Waals surface area (Å²) in [7, 11) is 3.79. The molecular formula is C16H20BrN3O. The molecule has 0 aliphatic heterocycles. The van der Waals surface area contributed by atoms with E-state index in [4.69, 9.17) is 0 Å². The summed E-state index contributed by atoms with van der Waals surface area (Å²) in [5, 5.41) is 6.03. The zero-order valence-electron chi connectivity index (χ0n) is 12.5. The molecule has 1 aromatic carbocycles. The first-order chi connectivity index (χ1) is 10.0. The fourth-order valence-electron chi connectivity index (χ4n) is 2.09. The van der Waals surface area contributed by atoms with Gasteiger partial charge in [0.25, 0.3) is 5.91 Å². The van der Waals surface area contributed by atoms with E-state index in [1.807, 2.05) is 62.0 Å². The Morgan fingerprint density at radius 2 is 1.90 bits per heavy atom. The number of carbonyl (C=O) groups excluding carboxylic acids is 1. The van der Waals surface area contributed by atoms with Gasteiger partial charge in [-0.25, -0.2) is 0 Å². The first-order valence-electron chi connectivity index (χ1n) is 6.90. The summed E-state index contributed by atoms with van der Waals surface area (Å²) in [6.45, 7) is 2.63. The zero-order valence-corrected chi connectivity index (χ0v) is 14.1. The Labute approximate surface area is 133 Å². The minimum absolute atomic E-state index is 0.0528. The van der Waals surface area contributed by atoms with Crippen molar-refractivity contribution in [2.75, 3.05) is 13.6 Å². The van der Waals surface area contributed by atoms with E-state index < -0.39 is 0 Å². The highest BCUT2D eigenvalue weighted by Gasteiger charge is 2.13. The average molecular weight is 350 g/mol. The Kier molecular flexibility index (Phi) is 5.20. The van der Waals surface area contributed by atoms with Gasteiger partial charge in [0.1, 0.15) is 5.69 Å². The fraction of sp³-hybridized carbons (Fsp3) is 0.312. The molecule has 0 fully saturated rings. The Bertz CT molecular complexity index is 619. The third kappa shape index (κ3) is 3.74. The lowest BCUT2D eigenvalue weighted by molar-refractivity contribution is 0.0942.